The van der Waals surface area contributed by atoms with Gasteiger partial charge in [0.15, 0.2) is 0 Å². The first-order valence-electron chi connectivity index (χ1n) is 6.12. The molecule has 0 aliphatic carbocycles. The van der Waals surface area contributed by atoms with Gasteiger partial charge in [0.2, 0.25) is 0 Å². The predicted molar refractivity (Wildman–Crippen MR) is 69.2 cm³/mol. The van der Waals surface area contributed by atoms with E-state index in [2.05, 4.69) is 0 Å². The Morgan fingerprint density at radius 1 is 1.37 bits per heavy atom. The SMILES string of the molecule is CC(C)CC(N)Cc1ccc([N+](=O)[O-])cc1C(F)F. The van der Waals surface area contributed by atoms with Crippen LogP contribution in [0.4, 0.5) is 14.5 Å². The first-order chi connectivity index (χ1) is 8.81. The van der Waals surface area contributed by atoms with Gasteiger partial charge in [-0.05, 0) is 24.3 Å². The molecule has 0 aliphatic heterocycles. The molecule has 0 fully saturated rings. The normalized spacial score (nSPS) is 13.0. The largest absolute Gasteiger partial charge is 0.327 e. The van der Waals surface area contributed by atoms with Gasteiger partial charge in [-0.25, -0.2) is 8.78 Å². The molecule has 1 aromatic carbocycles. The van der Waals surface area contributed by atoms with Crippen LogP contribution >= 0.6 is 0 Å². The predicted octanol–water partition coefficient (Wildman–Crippen LogP) is 3.45. The van der Waals surface area contributed by atoms with Crippen LogP contribution in [0.2, 0.25) is 0 Å². The Kier molecular flexibility index (Phi) is 5.35. The van der Waals surface area contributed by atoms with Crippen LogP contribution in [0.1, 0.15) is 37.8 Å². The molecule has 0 saturated carbocycles. The number of alkyl halides is 2. The lowest BCUT2D eigenvalue weighted by Gasteiger charge is -2.16. The molecule has 6 heteroatoms. The standard InChI is InChI=1S/C13H18F2N2O2/c1-8(2)5-10(16)6-9-3-4-11(17(18)19)7-12(9)13(14)15/h3-4,7-8,10,13H,5-6,16H2,1-2H3. The van der Waals surface area contributed by atoms with Crippen LogP contribution in [0.25, 0.3) is 0 Å². The van der Waals surface area contributed by atoms with Gasteiger partial charge in [0, 0.05) is 23.7 Å². The minimum atomic E-state index is -2.74. The summed E-state index contributed by atoms with van der Waals surface area (Å²) in [6.07, 6.45) is -1.71. The van der Waals surface area contributed by atoms with E-state index in [1.54, 1.807) is 0 Å². The van der Waals surface area contributed by atoms with Gasteiger partial charge < -0.3 is 5.73 Å². The molecular formula is C13H18F2N2O2. The summed E-state index contributed by atoms with van der Waals surface area (Å²) in [6, 6.07) is 3.32. The van der Waals surface area contributed by atoms with E-state index in [-0.39, 0.29) is 17.3 Å². The third-order valence-electron chi connectivity index (χ3n) is 2.83. The summed E-state index contributed by atoms with van der Waals surface area (Å²) >= 11 is 0. The van der Waals surface area contributed by atoms with Crippen LogP contribution < -0.4 is 5.73 Å². The van der Waals surface area contributed by atoms with Crippen molar-refractivity contribution in [3.8, 4) is 0 Å². The van der Waals surface area contributed by atoms with Crippen LogP contribution in [0.3, 0.4) is 0 Å². The molecule has 0 heterocycles. The van der Waals surface area contributed by atoms with E-state index in [0.717, 1.165) is 12.5 Å². The molecule has 0 radical (unpaired) electrons. The highest BCUT2D eigenvalue weighted by Gasteiger charge is 2.19. The minimum Gasteiger partial charge on any atom is -0.327 e. The molecule has 2 N–H and O–H groups in total. The third-order valence-corrected chi connectivity index (χ3v) is 2.83. The summed E-state index contributed by atoms with van der Waals surface area (Å²) in [5.41, 5.74) is 5.66. The second-order valence-electron chi connectivity index (χ2n) is 5.03. The van der Waals surface area contributed by atoms with Gasteiger partial charge in [0.05, 0.1) is 4.92 Å². The quantitative estimate of drug-likeness (QED) is 0.637. The number of nitrogens with two attached hydrogens (primary N) is 1. The number of halogens is 2. The number of benzene rings is 1. The van der Waals surface area contributed by atoms with E-state index < -0.39 is 11.3 Å². The van der Waals surface area contributed by atoms with Crippen molar-refractivity contribution >= 4 is 5.69 Å². The highest BCUT2D eigenvalue weighted by Crippen LogP contribution is 2.28. The molecular weight excluding hydrogens is 254 g/mol. The zero-order chi connectivity index (χ0) is 14.6. The maximum Gasteiger partial charge on any atom is 0.269 e. The zero-order valence-electron chi connectivity index (χ0n) is 11.0. The number of nitrogens with zero attached hydrogens (tertiary/aromatic N) is 1. The van der Waals surface area contributed by atoms with Crippen molar-refractivity contribution in [2.45, 2.75) is 39.2 Å². The van der Waals surface area contributed by atoms with E-state index in [4.69, 9.17) is 5.73 Å². The summed E-state index contributed by atoms with van der Waals surface area (Å²) in [4.78, 5) is 9.91. The number of hydrogen-bond acceptors (Lipinski definition) is 3. The second-order valence-corrected chi connectivity index (χ2v) is 5.03. The van der Waals surface area contributed by atoms with Crippen molar-refractivity contribution in [2.24, 2.45) is 11.7 Å². The Bertz CT molecular complexity index is 450. The maximum atomic E-state index is 12.9. The molecule has 0 aliphatic rings. The second kappa shape index (κ2) is 6.56. The van der Waals surface area contributed by atoms with Crippen LogP contribution in [-0.2, 0) is 6.42 Å². The molecule has 106 valence electrons. The number of nitro groups is 1. The fraction of sp³-hybridized carbons (Fsp3) is 0.538. The van der Waals surface area contributed by atoms with Crippen molar-refractivity contribution in [3.63, 3.8) is 0 Å². The van der Waals surface area contributed by atoms with E-state index in [1.165, 1.54) is 12.1 Å². The molecule has 1 aromatic rings. The van der Waals surface area contributed by atoms with Gasteiger partial charge in [-0.15, -0.1) is 0 Å². The highest BCUT2D eigenvalue weighted by molar-refractivity contribution is 5.41. The molecule has 0 spiro atoms. The highest BCUT2D eigenvalue weighted by atomic mass is 19.3. The monoisotopic (exact) mass is 272 g/mol. The molecule has 0 saturated heterocycles. The van der Waals surface area contributed by atoms with Crippen molar-refractivity contribution in [1.29, 1.82) is 0 Å². The summed E-state index contributed by atoms with van der Waals surface area (Å²) in [7, 11) is 0. The molecule has 0 aromatic heterocycles. The average molecular weight is 272 g/mol. The molecule has 4 nitrogen and oxygen atoms in total. The molecule has 1 rings (SSSR count). The van der Waals surface area contributed by atoms with Gasteiger partial charge in [-0.2, -0.15) is 0 Å². The lowest BCUT2D eigenvalue weighted by molar-refractivity contribution is -0.385. The first-order valence-corrected chi connectivity index (χ1v) is 6.12. The number of rotatable bonds is 6. The van der Waals surface area contributed by atoms with E-state index in [0.29, 0.717) is 17.9 Å². The van der Waals surface area contributed by atoms with Crippen LogP contribution in [-0.4, -0.2) is 11.0 Å². The van der Waals surface area contributed by atoms with Gasteiger partial charge >= 0.3 is 0 Å². The molecule has 0 bridgehead atoms. The van der Waals surface area contributed by atoms with E-state index >= 15 is 0 Å². The third kappa shape index (κ3) is 4.55. The average Bonchev–Trinajstić information content (AvgIpc) is 2.27. The van der Waals surface area contributed by atoms with Crippen LogP contribution in [0.5, 0.6) is 0 Å². The molecule has 1 unspecified atom stereocenters. The smallest absolute Gasteiger partial charge is 0.269 e. The van der Waals surface area contributed by atoms with E-state index in [1.807, 2.05) is 13.8 Å². The van der Waals surface area contributed by atoms with Gasteiger partial charge in [0.1, 0.15) is 0 Å². The Hall–Kier alpha value is -1.56. The molecule has 19 heavy (non-hydrogen) atoms. The fourth-order valence-electron chi connectivity index (χ4n) is 2.06. The van der Waals surface area contributed by atoms with Crippen molar-refractivity contribution in [1.82, 2.24) is 0 Å². The number of hydrogen-bond donors (Lipinski definition) is 1. The first kappa shape index (κ1) is 15.5. The van der Waals surface area contributed by atoms with Gasteiger partial charge in [-0.3, -0.25) is 10.1 Å². The molecule has 1 atom stereocenters. The van der Waals surface area contributed by atoms with Gasteiger partial charge in [-0.1, -0.05) is 19.9 Å². The number of nitro benzene ring substituents is 1. The van der Waals surface area contributed by atoms with Crippen molar-refractivity contribution in [2.75, 3.05) is 0 Å². The lowest BCUT2D eigenvalue weighted by atomic mass is 9.95. The Balaban J connectivity index is 2.97. The van der Waals surface area contributed by atoms with Crippen LogP contribution in [0.15, 0.2) is 18.2 Å². The van der Waals surface area contributed by atoms with E-state index in [9.17, 15) is 18.9 Å². The Morgan fingerprint density at radius 3 is 2.47 bits per heavy atom. The summed E-state index contributed by atoms with van der Waals surface area (Å²) in [6.45, 7) is 4.01. The summed E-state index contributed by atoms with van der Waals surface area (Å²) < 4.78 is 25.8. The summed E-state index contributed by atoms with van der Waals surface area (Å²) in [5.74, 6) is 0.378. The Labute approximate surface area is 110 Å². The minimum absolute atomic E-state index is 0.223. The molecule has 0 amide bonds. The van der Waals surface area contributed by atoms with Crippen molar-refractivity contribution in [3.05, 3.63) is 39.4 Å². The topological polar surface area (TPSA) is 69.2 Å². The lowest BCUT2D eigenvalue weighted by Crippen LogP contribution is -2.25. The number of non-ortho nitro benzene ring substituents is 1. The Morgan fingerprint density at radius 2 is 2.00 bits per heavy atom. The summed E-state index contributed by atoms with van der Waals surface area (Å²) in [5, 5.41) is 10.6. The zero-order valence-corrected chi connectivity index (χ0v) is 11.0. The van der Waals surface area contributed by atoms with Crippen LogP contribution in [0, 0.1) is 16.0 Å². The maximum absolute atomic E-state index is 12.9. The fourth-order valence-corrected chi connectivity index (χ4v) is 2.06. The van der Waals surface area contributed by atoms with Crippen molar-refractivity contribution < 1.29 is 13.7 Å². The van der Waals surface area contributed by atoms with Gasteiger partial charge in [0.25, 0.3) is 12.1 Å².